The van der Waals surface area contributed by atoms with E-state index in [2.05, 4.69) is 10.1 Å². The van der Waals surface area contributed by atoms with Crippen molar-refractivity contribution in [2.45, 2.75) is 69.5 Å². The third kappa shape index (κ3) is 9.40. The normalized spacial score (nSPS) is 23.6. The molecular weight excluding hydrogens is 578 g/mol. The van der Waals surface area contributed by atoms with E-state index in [1.54, 1.807) is 0 Å². The van der Waals surface area contributed by atoms with Crippen LogP contribution < -0.4 is 16.5 Å². The zero-order chi connectivity index (χ0) is 29.5. The van der Waals surface area contributed by atoms with Crippen molar-refractivity contribution < 1.29 is 27.9 Å². The lowest BCUT2D eigenvalue weighted by Gasteiger charge is -2.25. The minimum Gasteiger partial charge on any atom is -0.389 e. The molecule has 1 aliphatic rings. The molecule has 1 fully saturated rings. The van der Waals surface area contributed by atoms with Crippen LogP contribution in [0.2, 0.25) is 0 Å². The summed E-state index contributed by atoms with van der Waals surface area (Å²) in [4.78, 5) is 28.1. The number of aliphatic hydroxyl groups is 1. The maximum Gasteiger partial charge on any atom is 0.405 e. The number of hydrogen-bond donors (Lipinski definition) is 3. The first kappa shape index (κ1) is 32.8. The van der Waals surface area contributed by atoms with Gasteiger partial charge in [-0.1, -0.05) is 62.9 Å². The number of aryl methyl sites for hydroxylation is 1. The summed E-state index contributed by atoms with van der Waals surface area (Å²) >= 11 is 2.07. The van der Waals surface area contributed by atoms with Gasteiger partial charge in [-0.3, -0.25) is 18.4 Å². The number of carbonyl (C=O) groups is 1. The van der Waals surface area contributed by atoms with Crippen molar-refractivity contribution in [3.63, 3.8) is 0 Å². The number of nitrogen functional groups attached to an aromatic ring is 1. The molecule has 2 heterocycles. The van der Waals surface area contributed by atoms with Gasteiger partial charge < -0.3 is 10.8 Å². The molecule has 1 aromatic heterocycles. The average Bonchev–Trinajstić information content (AvgIpc) is 3.17. The number of carbonyl (C=O) groups excluding carboxylic acids is 1. The van der Waals surface area contributed by atoms with Gasteiger partial charge in [0.15, 0.2) is 11.3 Å². The van der Waals surface area contributed by atoms with Crippen molar-refractivity contribution in [3.05, 3.63) is 58.6 Å². The van der Waals surface area contributed by atoms with Crippen LogP contribution in [0.3, 0.4) is 0 Å². The smallest absolute Gasteiger partial charge is 0.389 e. The van der Waals surface area contributed by atoms with Gasteiger partial charge in [-0.15, -0.1) is 11.8 Å². The third-order valence-electron chi connectivity index (χ3n) is 6.11. The van der Waals surface area contributed by atoms with E-state index in [0.717, 1.165) is 40.1 Å². The van der Waals surface area contributed by atoms with Crippen LogP contribution in [-0.2, 0) is 24.8 Å². The largest absolute Gasteiger partial charge is 0.405 e. The average molecular weight is 617 g/mol. The molecule has 0 spiro atoms. The second-order valence-corrected chi connectivity index (χ2v) is 14.8. The highest BCUT2D eigenvalue weighted by molar-refractivity contribution is 8.13. The highest BCUT2D eigenvalue weighted by atomic mass is 32.2. The molecule has 1 aromatic carbocycles. The fourth-order valence-corrected chi connectivity index (χ4v) is 7.85. The lowest BCUT2D eigenvalue weighted by molar-refractivity contribution is -0.117. The van der Waals surface area contributed by atoms with Crippen LogP contribution >= 0.6 is 31.3 Å². The predicted molar refractivity (Wildman–Crippen MR) is 158 cm³/mol. The van der Waals surface area contributed by atoms with Gasteiger partial charge in [0.05, 0.1) is 18.5 Å². The van der Waals surface area contributed by atoms with Gasteiger partial charge in [0.2, 0.25) is 0 Å². The van der Waals surface area contributed by atoms with Crippen molar-refractivity contribution in [1.82, 2.24) is 14.6 Å². The molecule has 40 heavy (non-hydrogen) atoms. The number of rotatable bonds is 13. The van der Waals surface area contributed by atoms with Gasteiger partial charge in [0.25, 0.3) is 0 Å². The number of halogens is 1. The number of aromatic nitrogens is 2. The molecular formula is C26H38FN4O6PS2. The molecule has 4 N–H and O–H groups in total. The summed E-state index contributed by atoms with van der Waals surface area (Å²) in [5, 5.41) is 11.6. The Kier molecular flexibility index (Phi) is 11.8. The molecule has 10 nitrogen and oxygen atoms in total. The van der Waals surface area contributed by atoms with Crippen LogP contribution in [0.25, 0.3) is 0 Å². The molecule has 6 atom stereocenters. The van der Waals surface area contributed by atoms with Gasteiger partial charge in [0.1, 0.15) is 17.3 Å². The van der Waals surface area contributed by atoms with Crippen LogP contribution in [0.1, 0.15) is 45.1 Å². The summed E-state index contributed by atoms with van der Waals surface area (Å²) in [6, 6.07) is 11.0. The maximum absolute atomic E-state index is 15.0. The molecule has 0 amide bonds. The maximum atomic E-state index is 15.0. The highest BCUT2D eigenvalue weighted by Gasteiger charge is 2.46. The molecule has 1 aliphatic heterocycles. The number of benzene rings is 1. The van der Waals surface area contributed by atoms with Crippen LogP contribution in [0.5, 0.6) is 0 Å². The first-order chi connectivity index (χ1) is 18.8. The number of nitrogens with two attached hydrogens (primary N) is 1. The van der Waals surface area contributed by atoms with Crippen LogP contribution in [0, 0.1) is 5.41 Å². The zero-order valence-electron chi connectivity index (χ0n) is 23.1. The minimum atomic E-state index is -3.92. The Bertz CT molecular complexity index is 1230. The van der Waals surface area contributed by atoms with E-state index < -0.39 is 41.8 Å². The molecule has 222 valence electrons. The van der Waals surface area contributed by atoms with Crippen LogP contribution in [-0.4, -0.2) is 62.3 Å². The van der Waals surface area contributed by atoms with Gasteiger partial charge in [-0.05, 0) is 31.4 Å². The molecule has 0 radical (unpaired) electrons. The molecule has 0 bridgehead atoms. The fraction of sp³-hybridized carbons (Fsp3) is 0.577. The van der Waals surface area contributed by atoms with Crippen molar-refractivity contribution in [2.75, 3.05) is 24.7 Å². The van der Waals surface area contributed by atoms with E-state index in [-0.39, 0.29) is 35.9 Å². The first-order valence-electron chi connectivity index (χ1n) is 13.0. The Morgan fingerprint density at radius 3 is 2.65 bits per heavy atom. The molecule has 3 rings (SSSR count). The Morgan fingerprint density at radius 1 is 1.30 bits per heavy atom. The van der Waals surface area contributed by atoms with Crippen molar-refractivity contribution in [3.8, 4) is 0 Å². The van der Waals surface area contributed by atoms with Gasteiger partial charge in [-0.2, -0.15) is 4.98 Å². The minimum absolute atomic E-state index is 0.00740. The van der Waals surface area contributed by atoms with Crippen LogP contribution in [0.15, 0.2) is 47.4 Å². The number of alkyl halides is 1. The Morgan fingerprint density at radius 2 is 2.00 bits per heavy atom. The lowest BCUT2D eigenvalue weighted by atomic mass is 10.00. The van der Waals surface area contributed by atoms with Crippen molar-refractivity contribution in [1.29, 1.82) is 0 Å². The highest BCUT2D eigenvalue weighted by Crippen LogP contribution is 2.49. The predicted octanol–water partition coefficient (Wildman–Crippen LogP) is 4.20. The van der Waals surface area contributed by atoms with E-state index in [9.17, 15) is 19.3 Å². The SMILES string of the molecule is C[C@@H](CCc1ccccc1)NP(=O)(OCCSC(=O)C(C)(C)C)OC[C@H]1S[C@@H](n2ccc(N)nc2=O)[C@@H](F)[C@@H]1O. The molecule has 1 unspecified atom stereocenters. The van der Waals surface area contributed by atoms with Gasteiger partial charge in [-0.25, -0.2) is 18.8 Å². The summed E-state index contributed by atoms with van der Waals surface area (Å²) in [6.07, 6.45) is -0.577. The number of thioether (sulfide) groups is 2. The molecule has 14 heteroatoms. The quantitative estimate of drug-likeness (QED) is 0.220. The number of aliphatic hydroxyl groups excluding tert-OH is 1. The molecule has 1 saturated heterocycles. The molecule has 2 aromatic rings. The second-order valence-electron chi connectivity index (χ2n) is 10.6. The zero-order valence-corrected chi connectivity index (χ0v) is 25.6. The van der Waals surface area contributed by atoms with E-state index >= 15 is 4.39 Å². The van der Waals surface area contributed by atoms with Gasteiger partial charge in [0, 0.05) is 23.4 Å². The van der Waals surface area contributed by atoms with E-state index in [4.69, 9.17) is 14.8 Å². The fourth-order valence-electron chi connectivity index (χ4n) is 3.84. The Labute approximate surface area is 242 Å². The molecule has 0 saturated carbocycles. The number of anilines is 1. The number of hydrogen-bond acceptors (Lipinski definition) is 10. The summed E-state index contributed by atoms with van der Waals surface area (Å²) < 4.78 is 41.2. The molecule has 0 aliphatic carbocycles. The van der Waals surface area contributed by atoms with E-state index in [0.29, 0.717) is 6.42 Å². The summed E-state index contributed by atoms with van der Waals surface area (Å²) in [6.45, 7) is 6.98. The van der Waals surface area contributed by atoms with Gasteiger partial charge >= 0.3 is 13.4 Å². The third-order valence-corrected chi connectivity index (χ3v) is 10.7. The standard InChI is InChI=1S/C26H38FN4O6PS2/c1-17(10-11-18-8-6-5-7-9-18)30-38(35,36-14-15-39-24(33)26(2,3)4)37-16-19-22(32)21(27)23(40-19)31-13-12-20(28)29-25(31)34/h5-9,12-13,17,19,21-23,32H,10-11,14-16H2,1-4H3,(H,30,35)(H2,28,29,34)/t17-,19+,21-,22+,23+,38?/m0/s1. The van der Waals surface area contributed by atoms with E-state index in [1.807, 2.05) is 58.0 Å². The number of nitrogens with one attached hydrogen (secondary N) is 1. The van der Waals surface area contributed by atoms with Crippen LogP contribution in [0.4, 0.5) is 10.2 Å². The summed E-state index contributed by atoms with van der Waals surface area (Å²) in [5.41, 5.74) is 5.40. The first-order valence-corrected chi connectivity index (χ1v) is 16.5. The number of nitrogens with zero attached hydrogens (tertiary/aromatic N) is 2. The summed E-state index contributed by atoms with van der Waals surface area (Å²) in [7, 11) is -3.92. The van der Waals surface area contributed by atoms with Crippen molar-refractivity contribution >= 4 is 42.2 Å². The van der Waals surface area contributed by atoms with E-state index in [1.165, 1.54) is 12.3 Å². The second kappa shape index (κ2) is 14.4. The Hall–Kier alpha value is -1.73. The topological polar surface area (TPSA) is 146 Å². The monoisotopic (exact) mass is 616 g/mol. The Balaban J connectivity index is 1.64. The summed E-state index contributed by atoms with van der Waals surface area (Å²) in [5.74, 6) is 0.277. The lowest BCUT2D eigenvalue weighted by Crippen LogP contribution is -2.34. The van der Waals surface area contributed by atoms with Crippen molar-refractivity contribution in [2.24, 2.45) is 5.41 Å².